The van der Waals surface area contributed by atoms with Gasteiger partial charge in [0, 0.05) is 11.1 Å². The van der Waals surface area contributed by atoms with Gasteiger partial charge in [-0.25, -0.2) is 0 Å². The van der Waals surface area contributed by atoms with Crippen LogP contribution in [-0.4, -0.2) is 21.6 Å². The molecule has 3 rings (SSSR count). The van der Waals surface area contributed by atoms with Crippen LogP contribution < -0.4 is 0 Å². The fourth-order valence-corrected chi connectivity index (χ4v) is 2.51. The van der Waals surface area contributed by atoms with Gasteiger partial charge in [0.25, 0.3) is 17.5 Å². The highest BCUT2D eigenvalue weighted by molar-refractivity contribution is 6.30. The van der Waals surface area contributed by atoms with Crippen LogP contribution in [0.25, 0.3) is 0 Å². The lowest BCUT2D eigenvalue weighted by atomic mass is 10.1. The van der Waals surface area contributed by atoms with Gasteiger partial charge >= 0.3 is 0 Å². The summed E-state index contributed by atoms with van der Waals surface area (Å²) in [4.78, 5) is 36.1. The van der Waals surface area contributed by atoms with Gasteiger partial charge < -0.3 is 0 Å². The molecule has 1 heterocycles. The van der Waals surface area contributed by atoms with Gasteiger partial charge in [0.1, 0.15) is 5.56 Å². The van der Waals surface area contributed by atoms with Gasteiger partial charge in [-0.15, -0.1) is 0 Å². The first-order valence-electron chi connectivity index (χ1n) is 6.37. The molecular weight excluding hydrogens is 308 g/mol. The molecule has 0 bridgehead atoms. The number of carbonyl (C=O) groups is 2. The Labute approximate surface area is 130 Å². The first kappa shape index (κ1) is 14.2. The van der Waals surface area contributed by atoms with Crippen LogP contribution in [0.4, 0.5) is 5.69 Å². The lowest BCUT2D eigenvalue weighted by molar-refractivity contribution is -0.385. The van der Waals surface area contributed by atoms with Crippen LogP contribution >= 0.6 is 11.6 Å². The van der Waals surface area contributed by atoms with Crippen molar-refractivity contribution < 1.29 is 14.5 Å². The number of nitro groups is 1. The van der Waals surface area contributed by atoms with E-state index in [1.165, 1.54) is 18.2 Å². The van der Waals surface area contributed by atoms with Crippen LogP contribution in [0.15, 0.2) is 42.5 Å². The van der Waals surface area contributed by atoms with E-state index in [0.717, 1.165) is 4.90 Å². The second-order valence-electron chi connectivity index (χ2n) is 4.78. The number of amides is 2. The lowest BCUT2D eigenvalue weighted by Gasteiger charge is -2.13. The van der Waals surface area contributed by atoms with Gasteiger partial charge in [-0.2, -0.15) is 0 Å². The number of hydrogen-bond donors (Lipinski definition) is 0. The zero-order valence-electron chi connectivity index (χ0n) is 11.2. The minimum absolute atomic E-state index is 0.0423. The van der Waals surface area contributed by atoms with Crippen molar-refractivity contribution in [3.05, 3.63) is 74.3 Å². The molecule has 1 aliphatic rings. The highest BCUT2D eigenvalue weighted by Crippen LogP contribution is 2.31. The van der Waals surface area contributed by atoms with Crippen molar-refractivity contribution in [3.8, 4) is 0 Å². The molecule has 0 unspecified atom stereocenters. The Balaban J connectivity index is 1.98. The largest absolute Gasteiger partial charge is 0.282 e. The van der Waals surface area contributed by atoms with Crippen LogP contribution in [-0.2, 0) is 6.54 Å². The third kappa shape index (κ3) is 2.23. The molecule has 0 atom stereocenters. The van der Waals surface area contributed by atoms with Gasteiger partial charge in [0.15, 0.2) is 0 Å². The zero-order valence-corrected chi connectivity index (χ0v) is 11.9. The lowest BCUT2D eigenvalue weighted by Crippen LogP contribution is -2.29. The van der Waals surface area contributed by atoms with E-state index in [0.29, 0.717) is 10.6 Å². The SMILES string of the molecule is O=C1c2cccc([N+](=O)[O-])c2C(=O)N1Cc1ccc(Cl)cc1. The Hall–Kier alpha value is -2.73. The van der Waals surface area contributed by atoms with Gasteiger partial charge in [-0.05, 0) is 23.8 Å². The molecule has 6 nitrogen and oxygen atoms in total. The maximum Gasteiger partial charge on any atom is 0.282 e. The summed E-state index contributed by atoms with van der Waals surface area (Å²) in [6, 6.07) is 10.7. The predicted molar refractivity (Wildman–Crippen MR) is 78.8 cm³/mol. The molecule has 7 heteroatoms. The Kier molecular flexibility index (Phi) is 3.38. The van der Waals surface area contributed by atoms with Crippen molar-refractivity contribution in [2.24, 2.45) is 0 Å². The molecule has 0 aromatic heterocycles. The number of hydrogen-bond acceptors (Lipinski definition) is 4. The quantitative estimate of drug-likeness (QED) is 0.495. The fraction of sp³-hybridized carbons (Fsp3) is 0.0667. The number of nitrogens with zero attached hydrogens (tertiary/aromatic N) is 2. The average Bonchev–Trinajstić information content (AvgIpc) is 2.74. The maximum absolute atomic E-state index is 12.4. The third-order valence-corrected chi connectivity index (χ3v) is 3.68. The smallest absolute Gasteiger partial charge is 0.270 e. The van der Waals surface area contributed by atoms with E-state index >= 15 is 0 Å². The normalized spacial score (nSPS) is 13.4. The van der Waals surface area contributed by atoms with Crippen LogP contribution in [0.3, 0.4) is 0 Å². The minimum Gasteiger partial charge on any atom is -0.270 e. The van der Waals surface area contributed by atoms with Crippen molar-refractivity contribution in [2.45, 2.75) is 6.54 Å². The number of carbonyl (C=O) groups excluding carboxylic acids is 2. The van der Waals surface area contributed by atoms with Crippen molar-refractivity contribution in [3.63, 3.8) is 0 Å². The summed E-state index contributed by atoms with van der Waals surface area (Å²) in [5, 5.41) is 11.6. The van der Waals surface area contributed by atoms with Crippen molar-refractivity contribution >= 4 is 29.1 Å². The highest BCUT2D eigenvalue weighted by Gasteiger charge is 2.40. The molecule has 22 heavy (non-hydrogen) atoms. The molecule has 2 aromatic rings. The zero-order chi connectivity index (χ0) is 15.9. The van der Waals surface area contributed by atoms with Crippen LogP contribution in [0.5, 0.6) is 0 Å². The molecule has 0 aliphatic carbocycles. The van der Waals surface area contributed by atoms with E-state index in [-0.39, 0.29) is 23.4 Å². The Bertz CT molecular complexity index is 802. The van der Waals surface area contributed by atoms with Gasteiger partial charge in [-0.3, -0.25) is 24.6 Å². The second-order valence-corrected chi connectivity index (χ2v) is 5.22. The minimum atomic E-state index is -0.657. The second kappa shape index (κ2) is 5.23. The molecule has 0 saturated carbocycles. The third-order valence-electron chi connectivity index (χ3n) is 3.43. The molecule has 0 spiro atoms. The summed E-state index contributed by atoms with van der Waals surface area (Å²) in [7, 11) is 0. The molecule has 2 aromatic carbocycles. The van der Waals surface area contributed by atoms with Crippen molar-refractivity contribution in [1.29, 1.82) is 0 Å². The standard InChI is InChI=1S/C15H9ClN2O4/c16-10-6-4-9(5-7-10)8-17-14(19)11-2-1-3-12(18(21)22)13(11)15(17)20/h1-7H,8H2. The number of rotatable bonds is 3. The van der Waals surface area contributed by atoms with Gasteiger partial charge in [0.2, 0.25) is 0 Å². The topological polar surface area (TPSA) is 80.5 Å². The summed E-state index contributed by atoms with van der Waals surface area (Å²) in [5.41, 5.74) is 0.274. The molecule has 0 saturated heterocycles. The summed E-state index contributed by atoms with van der Waals surface area (Å²) >= 11 is 5.79. The van der Waals surface area contributed by atoms with E-state index < -0.39 is 16.7 Å². The first-order chi connectivity index (χ1) is 10.5. The molecule has 1 aliphatic heterocycles. The summed E-state index contributed by atoms with van der Waals surface area (Å²) in [6.07, 6.45) is 0. The number of benzene rings is 2. The van der Waals surface area contributed by atoms with E-state index in [1.807, 2.05) is 0 Å². The first-order valence-corrected chi connectivity index (χ1v) is 6.75. The van der Waals surface area contributed by atoms with E-state index in [9.17, 15) is 19.7 Å². The van der Waals surface area contributed by atoms with E-state index in [2.05, 4.69) is 0 Å². The van der Waals surface area contributed by atoms with Crippen molar-refractivity contribution in [2.75, 3.05) is 0 Å². The average molecular weight is 317 g/mol. The highest BCUT2D eigenvalue weighted by atomic mass is 35.5. The van der Waals surface area contributed by atoms with Crippen LogP contribution in [0, 0.1) is 10.1 Å². The Morgan fingerprint density at radius 3 is 2.36 bits per heavy atom. The Morgan fingerprint density at radius 1 is 1.05 bits per heavy atom. The van der Waals surface area contributed by atoms with Gasteiger partial charge in [-0.1, -0.05) is 29.8 Å². The van der Waals surface area contributed by atoms with Crippen LogP contribution in [0.1, 0.15) is 26.3 Å². The predicted octanol–water partition coefficient (Wildman–Crippen LogP) is 3.04. The molecule has 2 amide bonds. The molecule has 110 valence electrons. The summed E-state index contributed by atoms with van der Waals surface area (Å²) in [5.74, 6) is -1.18. The summed E-state index contributed by atoms with van der Waals surface area (Å²) in [6.45, 7) is 0.0423. The summed E-state index contributed by atoms with van der Waals surface area (Å²) < 4.78 is 0. The van der Waals surface area contributed by atoms with E-state index in [4.69, 9.17) is 11.6 Å². The van der Waals surface area contributed by atoms with E-state index in [1.54, 1.807) is 24.3 Å². The molecule has 0 fully saturated rings. The monoisotopic (exact) mass is 316 g/mol. The van der Waals surface area contributed by atoms with Crippen LogP contribution in [0.2, 0.25) is 5.02 Å². The molecular formula is C15H9ClN2O4. The molecule has 0 radical (unpaired) electrons. The number of imide groups is 1. The molecule has 0 N–H and O–H groups in total. The maximum atomic E-state index is 12.4. The van der Waals surface area contributed by atoms with Gasteiger partial charge in [0.05, 0.1) is 17.0 Å². The fourth-order valence-electron chi connectivity index (χ4n) is 2.38. The Morgan fingerprint density at radius 2 is 1.73 bits per heavy atom. The number of halogens is 1. The number of nitro benzene ring substituents is 1. The van der Waals surface area contributed by atoms with Crippen molar-refractivity contribution in [1.82, 2.24) is 4.90 Å². The number of fused-ring (bicyclic) bond motifs is 1.